The summed E-state index contributed by atoms with van der Waals surface area (Å²) in [5, 5.41) is 0. The molecular weight excluding hydrogens is 536 g/mol. The van der Waals surface area contributed by atoms with Crippen LogP contribution in [-0.4, -0.2) is 19.9 Å². The van der Waals surface area contributed by atoms with Crippen LogP contribution < -0.4 is 0 Å². The van der Waals surface area contributed by atoms with Gasteiger partial charge in [0.05, 0.1) is 33.8 Å². The Morgan fingerprint density at radius 2 is 0.614 bits per heavy atom. The standard InChI is InChI=1S/C40H54N4/c1-13-25-29(17-5)37-38-30(18-6)26(14-2)35(42-38)23(11)24(12)36-28(16-4)32(20-8)40(44-36)39-31(19-7)27(15-3)34(43-39)22(10)21(9)33(25)41-37/h41,44H,13-20H2,1-12H3. The zero-order valence-corrected chi connectivity index (χ0v) is 29.6. The molecule has 8 bridgehead atoms. The van der Waals surface area contributed by atoms with E-state index < -0.39 is 0 Å². The van der Waals surface area contributed by atoms with Crippen molar-refractivity contribution in [1.29, 1.82) is 0 Å². The highest BCUT2D eigenvalue weighted by Gasteiger charge is 2.27. The summed E-state index contributed by atoms with van der Waals surface area (Å²) in [6.45, 7) is 27.5. The summed E-state index contributed by atoms with van der Waals surface area (Å²) < 4.78 is 0. The first-order valence-electron chi connectivity index (χ1n) is 17.4. The molecule has 0 atom stereocenters. The third-order valence-corrected chi connectivity index (χ3v) is 10.6. The molecule has 4 nitrogen and oxygen atoms in total. The molecule has 2 aliphatic rings. The molecule has 2 aliphatic heterocycles. The van der Waals surface area contributed by atoms with Gasteiger partial charge in [-0.1, -0.05) is 55.4 Å². The summed E-state index contributed by atoms with van der Waals surface area (Å²) in [6, 6.07) is 0. The zero-order chi connectivity index (χ0) is 32.0. The number of hydrogen-bond donors (Lipinski definition) is 2. The summed E-state index contributed by atoms with van der Waals surface area (Å²) >= 11 is 0. The zero-order valence-electron chi connectivity index (χ0n) is 29.6. The second-order valence-corrected chi connectivity index (χ2v) is 12.5. The first-order chi connectivity index (χ1) is 21.2. The maximum absolute atomic E-state index is 5.55. The molecule has 3 aromatic rings. The van der Waals surface area contributed by atoms with Gasteiger partial charge in [0.15, 0.2) is 0 Å². The molecule has 4 heteroatoms. The van der Waals surface area contributed by atoms with Gasteiger partial charge in [-0.25, -0.2) is 9.97 Å². The maximum Gasteiger partial charge on any atom is 0.0910 e. The third kappa shape index (κ3) is 4.63. The van der Waals surface area contributed by atoms with Gasteiger partial charge in [0.25, 0.3) is 0 Å². The fourth-order valence-corrected chi connectivity index (χ4v) is 8.11. The van der Waals surface area contributed by atoms with Crippen LogP contribution in [0.4, 0.5) is 0 Å². The van der Waals surface area contributed by atoms with E-state index in [-0.39, 0.29) is 0 Å². The molecular formula is C40H54N4. The number of aryl methyl sites for hydroxylation is 6. The van der Waals surface area contributed by atoms with E-state index in [2.05, 4.69) is 93.1 Å². The molecule has 0 radical (unpaired) electrons. The average Bonchev–Trinajstić information content (AvgIpc) is 3.80. The fraction of sp³-hybridized carbons (Fsp3) is 0.500. The van der Waals surface area contributed by atoms with Crippen LogP contribution in [-0.2, 0) is 25.7 Å². The maximum atomic E-state index is 5.55. The topological polar surface area (TPSA) is 57.4 Å². The normalized spacial score (nSPS) is 13.5. The summed E-state index contributed by atoms with van der Waals surface area (Å²) in [5.41, 5.74) is 25.9. The van der Waals surface area contributed by atoms with E-state index in [1.54, 1.807) is 0 Å². The van der Waals surface area contributed by atoms with Crippen molar-refractivity contribution in [2.45, 2.75) is 134 Å². The predicted molar refractivity (Wildman–Crippen MR) is 192 cm³/mol. The van der Waals surface area contributed by atoms with E-state index >= 15 is 0 Å². The van der Waals surface area contributed by atoms with Crippen LogP contribution in [0.1, 0.15) is 148 Å². The van der Waals surface area contributed by atoms with Crippen LogP contribution in [0.15, 0.2) is 0 Å². The summed E-state index contributed by atoms with van der Waals surface area (Å²) in [7, 11) is 0. The van der Waals surface area contributed by atoms with Crippen LogP contribution in [0.3, 0.4) is 0 Å². The van der Waals surface area contributed by atoms with Gasteiger partial charge in [0, 0.05) is 11.0 Å². The molecule has 0 spiro atoms. The molecule has 5 rings (SSSR count). The monoisotopic (exact) mass is 590 g/mol. The Kier molecular flexibility index (Phi) is 9.12. The number of fused-ring (bicyclic) bond motifs is 10. The fourth-order valence-electron chi connectivity index (χ4n) is 8.11. The molecule has 3 aromatic heterocycles. The van der Waals surface area contributed by atoms with E-state index in [4.69, 9.17) is 9.97 Å². The van der Waals surface area contributed by atoms with Gasteiger partial charge in [-0.05, 0) is 146 Å². The number of hydrogen-bond acceptors (Lipinski definition) is 2. The predicted octanol–water partition coefficient (Wildman–Crippen LogP) is 11.3. The van der Waals surface area contributed by atoms with Gasteiger partial charge in [-0.3, -0.25) is 0 Å². The van der Waals surface area contributed by atoms with Crippen molar-refractivity contribution in [3.05, 3.63) is 67.3 Å². The van der Waals surface area contributed by atoms with Gasteiger partial charge in [0.2, 0.25) is 0 Å². The molecule has 0 saturated carbocycles. The molecule has 5 heterocycles. The lowest BCUT2D eigenvalue weighted by atomic mass is 9.94. The number of aromatic nitrogens is 4. The highest BCUT2D eigenvalue weighted by molar-refractivity contribution is 6.00. The lowest BCUT2D eigenvalue weighted by Gasteiger charge is -2.08. The van der Waals surface area contributed by atoms with Gasteiger partial charge in [-0.2, -0.15) is 0 Å². The lowest BCUT2D eigenvalue weighted by molar-refractivity contribution is 1.06. The number of allylic oxidation sites excluding steroid dienone is 4. The Morgan fingerprint density at radius 3 is 0.886 bits per heavy atom. The van der Waals surface area contributed by atoms with Crippen molar-refractivity contribution in [3.63, 3.8) is 0 Å². The first-order valence-corrected chi connectivity index (χ1v) is 17.4. The minimum absolute atomic E-state index is 0.969. The average molecular weight is 591 g/mol. The molecule has 0 fully saturated rings. The molecule has 0 saturated heterocycles. The number of nitrogens with zero attached hydrogens (tertiary/aromatic N) is 2. The smallest absolute Gasteiger partial charge is 0.0910 e. The van der Waals surface area contributed by atoms with Gasteiger partial charge >= 0.3 is 0 Å². The van der Waals surface area contributed by atoms with Crippen molar-refractivity contribution in [2.24, 2.45) is 0 Å². The Bertz CT molecular complexity index is 1730. The van der Waals surface area contributed by atoms with E-state index in [1.165, 1.54) is 88.9 Å². The van der Waals surface area contributed by atoms with E-state index in [0.717, 1.165) is 74.1 Å². The van der Waals surface area contributed by atoms with Crippen LogP contribution in [0, 0.1) is 27.7 Å². The van der Waals surface area contributed by atoms with Crippen molar-refractivity contribution >= 4 is 44.4 Å². The van der Waals surface area contributed by atoms with Crippen LogP contribution in [0.25, 0.3) is 44.4 Å². The van der Waals surface area contributed by atoms with Gasteiger partial charge in [0.1, 0.15) is 0 Å². The summed E-state index contributed by atoms with van der Waals surface area (Å²) in [4.78, 5) is 19.1. The van der Waals surface area contributed by atoms with E-state index in [0.29, 0.717) is 0 Å². The number of rotatable bonds is 8. The Labute approximate surface area is 265 Å². The molecule has 234 valence electrons. The molecule has 0 aromatic carbocycles. The second kappa shape index (κ2) is 12.5. The van der Waals surface area contributed by atoms with Crippen molar-refractivity contribution < 1.29 is 0 Å². The van der Waals surface area contributed by atoms with E-state index in [9.17, 15) is 0 Å². The van der Waals surface area contributed by atoms with Crippen molar-refractivity contribution in [2.75, 3.05) is 0 Å². The molecule has 2 N–H and O–H groups in total. The van der Waals surface area contributed by atoms with Crippen molar-refractivity contribution in [1.82, 2.24) is 19.9 Å². The first kappa shape index (κ1) is 32.0. The number of H-pyrrole nitrogens is 2. The lowest BCUT2D eigenvalue weighted by Crippen LogP contribution is -1.93. The largest absolute Gasteiger partial charge is 0.353 e. The minimum atomic E-state index is 0.969. The van der Waals surface area contributed by atoms with Crippen LogP contribution in [0.5, 0.6) is 0 Å². The highest BCUT2D eigenvalue weighted by Crippen LogP contribution is 2.43. The quantitative estimate of drug-likeness (QED) is 0.274. The molecule has 0 unspecified atom stereocenters. The Hall–Kier alpha value is -3.40. The molecule has 0 aliphatic carbocycles. The second-order valence-electron chi connectivity index (χ2n) is 12.5. The minimum Gasteiger partial charge on any atom is -0.353 e. The summed E-state index contributed by atoms with van der Waals surface area (Å²) in [5.74, 6) is 0. The third-order valence-electron chi connectivity index (χ3n) is 10.6. The molecule has 0 amide bonds. The van der Waals surface area contributed by atoms with Crippen LogP contribution >= 0.6 is 0 Å². The highest BCUT2D eigenvalue weighted by atomic mass is 14.8. The Morgan fingerprint density at radius 1 is 0.341 bits per heavy atom. The van der Waals surface area contributed by atoms with Crippen LogP contribution in [0.2, 0.25) is 0 Å². The van der Waals surface area contributed by atoms with E-state index in [1.807, 2.05) is 0 Å². The number of nitrogens with one attached hydrogen (secondary N) is 2. The van der Waals surface area contributed by atoms with Gasteiger partial charge < -0.3 is 9.97 Å². The molecule has 44 heavy (non-hydrogen) atoms. The van der Waals surface area contributed by atoms with Crippen molar-refractivity contribution in [3.8, 4) is 0 Å². The van der Waals surface area contributed by atoms with Gasteiger partial charge in [-0.15, -0.1) is 0 Å². The Balaban J connectivity index is 2.18. The SMILES string of the molecule is CCC1=C(CC)c2nc1c(C)c(C)c1[nH]c(c3nc(c(C)c(C)c4[nH]c2c(CC)c4CC)C(CC)=C3CC)c(CC)c1CC. The summed E-state index contributed by atoms with van der Waals surface area (Å²) in [6.07, 6.45) is 7.81. The number of aromatic amines is 2.